The first kappa shape index (κ1) is 21.3. The Morgan fingerprint density at radius 2 is 1.53 bits per heavy atom. The summed E-state index contributed by atoms with van der Waals surface area (Å²) in [5, 5.41) is 2.16. The van der Waals surface area contributed by atoms with Crippen LogP contribution in [0.2, 0.25) is 0 Å². The second-order valence-corrected chi connectivity index (χ2v) is 6.78. The summed E-state index contributed by atoms with van der Waals surface area (Å²) >= 11 is 0. The van der Waals surface area contributed by atoms with Gasteiger partial charge in [0.15, 0.2) is 17.1 Å². The summed E-state index contributed by atoms with van der Waals surface area (Å²) in [7, 11) is 4.31. The molecule has 7 nitrogen and oxygen atoms in total. The number of aromatic nitrogens is 3. The smallest absolute Gasteiger partial charge is 0.433 e. The number of alkyl halides is 3. The molecule has 0 radical (unpaired) electrons. The third kappa shape index (κ3) is 3.53. The van der Waals surface area contributed by atoms with E-state index in [1.807, 2.05) is 0 Å². The van der Waals surface area contributed by atoms with E-state index in [9.17, 15) is 18.0 Å². The lowest BCUT2D eigenvalue weighted by atomic mass is 10.1. The van der Waals surface area contributed by atoms with Gasteiger partial charge in [0.1, 0.15) is 5.69 Å². The highest BCUT2D eigenvalue weighted by Crippen LogP contribution is 2.42. The topological polar surface area (TPSA) is 77.9 Å². The van der Waals surface area contributed by atoms with E-state index in [1.165, 1.54) is 33.5 Å². The maximum Gasteiger partial charge on any atom is 0.433 e. The molecule has 166 valence electrons. The van der Waals surface area contributed by atoms with Gasteiger partial charge in [0.05, 0.1) is 32.6 Å². The van der Waals surface area contributed by atoms with Crippen LogP contribution in [0, 0.1) is 0 Å². The molecule has 0 unspecified atom stereocenters. The van der Waals surface area contributed by atoms with Gasteiger partial charge in [-0.05, 0) is 17.7 Å². The zero-order valence-corrected chi connectivity index (χ0v) is 17.3. The molecule has 0 saturated heterocycles. The minimum absolute atomic E-state index is 0.152. The van der Waals surface area contributed by atoms with Gasteiger partial charge in [-0.2, -0.15) is 13.2 Å². The summed E-state index contributed by atoms with van der Waals surface area (Å²) in [4.78, 5) is 17.2. The Labute approximate surface area is 180 Å². The predicted molar refractivity (Wildman–Crippen MR) is 111 cm³/mol. The van der Waals surface area contributed by atoms with Gasteiger partial charge in [-0.1, -0.05) is 30.3 Å². The van der Waals surface area contributed by atoms with Crippen molar-refractivity contribution in [3.63, 3.8) is 0 Å². The van der Waals surface area contributed by atoms with Crippen LogP contribution in [-0.2, 0) is 6.18 Å². The number of hydrogen-bond donors (Lipinski definition) is 1. The summed E-state index contributed by atoms with van der Waals surface area (Å²) in [5.41, 5.74) is -1.30. The van der Waals surface area contributed by atoms with E-state index in [4.69, 9.17) is 14.2 Å². The van der Waals surface area contributed by atoms with E-state index < -0.39 is 17.4 Å². The average Bonchev–Trinajstić information content (AvgIpc) is 3.19. The fourth-order valence-electron chi connectivity index (χ4n) is 3.50. The number of rotatable bonds is 5. The molecule has 0 aliphatic rings. The molecule has 1 N–H and O–H groups in total. The molecule has 2 heterocycles. The van der Waals surface area contributed by atoms with Crippen LogP contribution in [0.25, 0.3) is 28.0 Å². The molecule has 32 heavy (non-hydrogen) atoms. The lowest BCUT2D eigenvalue weighted by molar-refractivity contribution is -0.140. The molecule has 0 amide bonds. The molecule has 0 fully saturated rings. The first-order valence-electron chi connectivity index (χ1n) is 9.37. The molecule has 0 aliphatic heterocycles. The molecule has 10 heteroatoms. The van der Waals surface area contributed by atoms with E-state index in [-0.39, 0.29) is 22.5 Å². The van der Waals surface area contributed by atoms with Gasteiger partial charge in [0.2, 0.25) is 5.75 Å². The van der Waals surface area contributed by atoms with Crippen LogP contribution in [0.1, 0.15) is 5.69 Å². The lowest BCUT2D eigenvalue weighted by Crippen LogP contribution is -2.15. The van der Waals surface area contributed by atoms with Crippen LogP contribution in [0.4, 0.5) is 13.2 Å². The molecular weight excluding hydrogens is 427 g/mol. The van der Waals surface area contributed by atoms with Gasteiger partial charge in [-0.25, -0.2) is 9.50 Å². The molecule has 0 bridgehead atoms. The number of ether oxygens (including phenoxy) is 3. The monoisotopic (exact) mass is 445 g/mol. The van der Waals surface area contributed by atoms with Crippen molar-refractivity contribution in [2.24, 2.45) is 0 Å². The van der Waals surface area contributed by atoms with Gasteiger partial charge in [-0.15, -0.1) is 0 Å². The van der Waals surface area contributed by atoms with Crippen molar-refractivity contribution in [2.75, 3.05) is 21.3 Å². The number of nitrogens with zero attached hydrogens (tertiary/aromatic N) is 2. The number of nitrogens with one attached hydrogen (secondary N) is 1. The van der Waals surface area contributed by atoms with E-state index >= 15 is 0 Å². The largest absolute Gasteiger partial charge is 0.493 e. The Bertz CT molecular complexity index is 1320. The molecule has 4 rings (SSSR count). The summed E-state index contributed by atoms with van der Waals surface area (Å²) in [6.07, 6.45) is -4.72. The molecular formula is C22H18F3N3O4. The Kier molecular flexibility index (Phi) is 5.29. The van der Waals surface area contributed by atoms with Gasteiger partial charge in [-0.3, -0.25) is 9.89 Å². The van der Waals surface area contributed by atoms with Crippen LogP contribution >= 0.6 is 0 Å². The van der Waals surface area contributed by atoms with Crippen LogP contribution in [0.15, 0.2) is 53.3 Å². The van der Waals surface area contributed by atoms with Gasteiger partial charge >= 0.3 is 6.18 Å². The molecule has 0 atom stereocenters. The quantitative estimate of drug-likeness (QED) is 0.493. The zero-order valence-electron chi connectivity index (χ0n) is 17.3. The molecule has 4 aromatic rings. The SMILES string of the molecule is COc1cc(-c2cc(=O)n3[nH]c(C(F)(F)F)c(-c4ccccc4)c3n2)cc(OC)c1OC. The van der Waals surface area contributed by atoms with Crippen molar-refractivity contribution in [2.45, 2.75) is 6.18 Å². The zero-order chi connectivity index (χ0) is 23.0. The van der Waals surface area contributed by atoms with Crippen molar-refractivity contribution in [3.05, 3.63) is 64.6 Å². The van der Waals surface area contributed by atoms with E-state index in [0.29, 0.717) is 22.8 Å². The van der Waals surface area contributed by atoms with Crippen molar-refractivity contribution in [3.8, 4) is 39.6 Å². The highest BCUT2D eigenvalue weighted by Gasteiger charge is 2.38. The van der Waals surface area contributed by atoms with Crippen LogP contribution in [-0.4, -0.2) is 35.9 Å². The Morgan fingerprint density at radius 1 is 0.906 bits per heavy atom. The average molecular weight is 445 g/mol. The molecule has 0 aliphatic carbocycles. The van der Waals surface area contributed by atoms with E-state index in [0.717, 1.165) is 10.6 Å². The predicted octanol–water partition coefficient (Wildman–Crippen LogP) is 4.40. The molecule has 2 aromatic carbocycles. The molecule has 0 saturated carbocycles. The summed E-state index contributed by atoms with van der Waals surface area (Å²) in [5.74, 6) is 0.969. The standard InChI is InChI=1S/C22H18F3N3O4/c1-30-15-9-13(10-16(31-2)19(15)32-3)14-11-17(29)28-21(26-14)18(12-7-5-4-6-8-12)20(27-28)22(23,24)25/h4-11,27H,1-3H3. The number of aromatic amines is 1. The first-order valence-corrected chi connectivity index (χ1v) is 9.37. The van der Waals surface area contributed by atoms with Crippen molar-refractivity contribution in [1.29, 1.82) is 0 Å². The van der Waals surface area contributed by atoms with Crippen LogP contribution < -0.4 is 19.8 Å². The summed E-state index contributed by atoms with van der Waals surface area (Å²) in [6, 6.07) is 12.2. The maximum absolute atomic E-state index is 13.8. The molecule has 0 spiro atoms. The van der Waals surface area contributed by atoms with Crippen molar-refractivity contribution in [1.82, 2.24) is 14.6 Å². The fraction of sp³-hybridized carbons (Fsp3) is 0.182. The van der Waals surface area contributed by atoms with Gasteiger partial charge < -0.3 is 14.2 Å². The third-order valence-corrected chi connectivity index (χ3v) is 4.92. The number of H-pyrrole nitrogens is 1. The summed E-state index contributed by atoms with van der Waals surface area (Å²) < 4.78 is 58.1. The van der Waals surface area contributed by atoms with Crippen molar-refractivity contribution < 1.29 is 27.4 Å². The Hall–Kier alpha value is -3.95. The number of benzene rings is 2. The number of hydrogen-bond acceptors (Lipinski definition) is 5. The van der Waals surface area contributed by atoms with Gasteiger partial charge in [0, 0.05) is 11.6 Å². The first-order chi connectivity index (χ1) is 15.3. The highest BCUT2D eigenvalue weighted by molar-refractivity contribution is 5.82. The van der Waals surface area contributed by atoms with Crippen LogP contribution in [0.5, 0.6) is 17.2 Å². The highest BCUT2D eigenvalue weighted by atomic mass is 19.4. The molecule has 2 aromatic heterocycles. The maximum atomic E-state index is 13.8. The Balaban J connectivity index is 2.04. The van der Waals surface area contributed by atoms with Gasteiger partial charge in [0.25, 0.3) is 5.56 Å². The Morgan fingerprint density at radius 3 is 2.06 bits per heavy atom. The van der Waals surface area contributed by atoms with Crippen LogP contribution in [0.3, 0.4) is 0 Å². The minimum atomic E-state index is -4.72. The fourth-order valence-corrected chi connectivity index (χ4v) is 3.50. The summed E-state index contributed by atoms with van der Waals surface area (Å²) in [6.45, 7) is 0. The normalized spacial score (nSPS) is 11.6. The number of halogens is 3. The third-order valence-electron chi connectivity index (χ3n) is 4.92. The van der Waals surface area contributed by atoms with E-state index in [2.05, 4.69) is 10.1 Å². The van der Waals surface area contributed by atoms with Crippen molar-refractivity contribution >= 4 is 5.65 Å². The second kappa shape index (κ2) is 7.95. The van der Waals surface area contributed by atoms with E-state index in [1.54, 1.807) is 30.3 Å². The number of methoxy groups -OCH3 is 3. The lowest BCUT2D eigenvalue weighted by Gasteiger charge is -2.14. The minimum Gasteiger partial charge on any atom is -0.493 e. The second-order valence-electron chi connectivity index (χ2n) is 6.78. The number of fused-ring (bicyclic) bond motifs is 1.